The van der Waals surface area contributed by atoms with Gasteiger partial charge in [0.25, 0.3) is 0 Å². The molecule has 24 heavy (non-hydrogen) atoms. The lowest BCUT2D eigenvalue weighted by Gasteiger charge is -2.38. The minimum Gasteiger partial charge on any atom is -0.463 e. The van der Waals surface area contributed by atoms with E-state index >= 15 is 0 Å². The molecule has 6 nitrogen and oxygen atoms in total. The number of ether oxygens (including phenoxy) is 1. The van der Waals surface area contributed by atoms with Gasteiger partial charge >= 0.3 is 5.97 Å². The maximum absolute atomic E-state index is 12.8. The third-order valence-corrected chi connectivity index (χ3v) is 5.07. The van der Waals surface area contributed by atoms with E-state index in [4.69, 9.17) is 9.72 Å². The van der Waals surface area contributed by atoms with Gasteiger partial charge in [-0.25, -0.2) is 9.78 Å². The van der Waals surface area contributed by atoms with Crippen LogP contribution < -0.4 is 0 Å². The number of rotatable bonds is 0. The highest BCUT2D eigenvalue weighted by molar-refractivity contribution is 5.96. The zero-order valence-corrected chi connectivity index (χ0v) is 12.7. The summed E-state index contributed by atoms with van der Waals surface area (Å²) in [6, 6.07) is 9.85. The van der Waals surface area contributed by atoms with Gasteiger partial charge in [-0.2, -0.15) is 0 Å². The molecule has 6 heteroatoms. The molecule has 2 aromatic rings. The first kappa shape index (κ1) is 13.7. The number of amides is 1. The molecule has 0 radical (unpaired) electrons. The van der Waals surface area contributed by atoms with Crippen LogP contribution in [0.4, 0.5) is 0 Å². The molecule has 1 N–H and O–H groups in total. The number of benzene rings is 1. The average Bonchev–Trinajstić information content (AvgIpc) is 2.95. The molecule has 3 aliphatic rings. The number of carbonyl (C=O) groups excluding carboxylic acids is 2. The number of pyridine rings is 1. The number of esters is 1. The first-order valence-corrected chi connectivity index (χ1v) is 7.90. The molecule has 0 aliphatic carbocycles. The number of para-hydroxylation sites is 1. The lowest BCUT2D eigenvalue weighted by atomic mass is 9.81. The summed E-state index contributed by atoms with van der Waals surface area (Å²) >= 11 is 0. The monoisotopic (exact) mass is 322 g/mol. The second-order valence-electron chi connectivity index (χ2n) is 6.42. The molecular weight excluding hydrogens is 308 g/mol. The number of fused-ring (bicyclic) bond motifs is 5. The molecule has 2 unspecified atom stereocenters. The SMILES string of the molecule is O=C1OCC2C(=O)N3Cc4cc5ccccc5nc4C3=CC2[C@@H]1O. The zero-order valence-electron chi connectivity index (χ0n) is 12.7. The number of carbonyl (C=O) groups is 2. The van der Waals surface area contributed by atoms with E-state index in [1.54, 1.807) is 4.90 Å². The van der Waals surface area contributed by atoms with E-state index in [1.165, 1.54) is 0 Å². The van der Waals surface area contributed by atoms with E-state index in [0.717, 1.165) is 22.2 Å². The highest BCUT2D eigenvalue weighted by Crippen LogP contribution is 2.42. The van der Waals surface area contributed by atoms with Gasteiger partial charge in [0.2, 0.25) is 5.91 Å². The summed E-state index contributed by atoms with van der Waals surface area (Å²) in [7, 11) is 0. The molecule has 1 aromatic heterocycles. The van der Waals surface area contributed by atoms with Crippen molar-refractivity contribution in [3.63, 3.8) is 0 Å². The van der Waals surface area contributed by atoms with Crippen molar-refractivity contribution in [2.24, 2.45) is 11.8 Å². The number of aromatic nitrogens is 1. The van der Waals surface area contributed by atoms with Crippen molar-refractivity contribution in [1.82, 2.24) is 9.88 Å². The number of cyclic esters (lactones) is 1. The van der Waals surface area contributed by atoms with E-state index in [0.29, 0.717) is 12.2 Å². The van der Waals surface area contributed by atoms with E-state index in [-0.39, 0.29) is 12.5 Å². The van der Waals surface area contributed by atoms with Crippen LogP contribution in [-0.2, 0) is 20.9 Å². The molecule has 1 amide bonds. The predicted molar refractivity (Wildman–Crippen MR) is 84.2 cm³/mol. The molecule has 1 aromatic carbocycles. The molecule has 3 atom stereocenters. The lowest BCUT2D eigenvalue weighted by molar-refractivity contribution is -0.171. The largest absolute Gasteiger partial charge is 0.463 e. The Kier molecular flexibility index (Phi) is 2.65. The average molecular weight is 322 g/mol. The van der Waals surface area contributed by atoms with Crippen molar-refractivity contribution in [2.45, 2.75) is 12.6 Å². The molecule has 0 spiro atoms. The zero-order chi connectivity index (χ0) is 16.4. The van der Waals surface area contributed by atoms with Crippen LogP contribution in [0.5, 0.6) is 0 Å². The summed E-state index contributed by atoms with van der Waals surface area (Å²) in [5.41, 5.74) is 3.29. The lowest BCUT2D eigenvalue weighted by Crippen LogP contribution is -2.51. The number of aliphatic hydroxyl groups excluding tert-OH is 1. The standard InChI is InChI=1S/C18H14N2O4/c21-16-11-6-14-15-10(5-9-3-1-2-4-13(9)19-15)7-20(14)17(22)12(11)8-24-18(16)23/h1-6,11-12,16,21H,7-8H2/t11?,12?,16-/m0/s1. The summed E-state index contributed by atoms with van der Waals surface area (Å²) in [4.78, 5) is 30.8. The van der Waals surface area contributed by atoms with Crippen LogP contribution in [0.3, 0.4) is 0 Å². The normalized spacial score (nSPS) is 28.1. The molecule has 0 bridgehead atoms. The summed E-state index contributed by atoms with van der Waals surface area (Å²) in [5, 5.41) is 11.1. The minimum absolute atomic E-state index is 0.0193. The fourth-order valence-corrected chi connectivity index (χ4v) is 3.82. The highest BCUT2D eigenvalue weighted by Gasteiger charge is 2.49. The van der Waals surface area contributed by atoms with Gasteiger partial charge in [-0.3, -0.25) is 4.79 Å². The van der Waals surface area contributed by atoms with Crippen LogP contribution in [0.15, 0.2) is 36.4 Å². The van der Waals surface area contributed by atoms with Crippen molar-refractivity contribution in [3.8, 4) is 0 Å². The van der Waals surface area contributed by atoms with E-state index in [9.17, 15) is 14.7 Å². The van der Waals surface area contributed by atoms with Gasteiger partial charge in [0.15, 0.2) is 6.10 Å². The quantitative estimate of drug-likeness (QED) is 0.734. The fraction of sp³-hybridized carbons (Fsp3) is 0.278. The molecule has 4 heterocycles. The van der Waals surface area contributed by atoms with Crippen molar-refractivity contribution in [3.05, 3.63) is 47.7 Å². The molecule has 1 fully saturated rings. The van der Waals surface area contributed by atoms with Crippen molar-refractivity contribution < 1.29 is 19.4 Å². The Bertz CT molecular complexity index is 936. The van der Waals surface area contributed by atoms with Crippen molar-refractivity contribution in [1.29, 1.82) is 0 Å². The van der Waals surface area contributed by atoms with E-state index in [1.807, 2.05) is 36.4 Å². The second kappa shape index (κ2) is 4.64. The van der Waals surface area contributed by atoms with Gasteiger partial charge < -0.3 is 14.7 Å². The van der Waals surface area contributed by atoms with Crippen LogP contribution in [0.1, 0.15) is 11.3 Å². The van der Waals surface area contributed by atoms with Crippen LogP contribution in [-0.4, -0.2) is 39.6 Å². The minimum atomic E-state index is -1.30. The maximum Gasteiger partial charge on any atom is 0.335 e. The topological polar surface area (TPSA) is 79.7 Å². The van der Waals surface area contributed by atoms with Gasteiger partial charge in [-0.1, -0.05) is 24.3 Å². The Morgan fingerprint density at radius 1 is 1.25 bits per heavy atom. The summed E-state index contributed by atoms with van der Waals surface area (Å²) in [6.07, 6.45) is 0.511. The van der Waals surface area contributed by atoms with E-state index < -0.39 is 23.9 Å². The first-order chi connectivity index (χ1) is 11.6. The third kappa shape index (κ3) is 1.71. The number of hydrogen-bond donors (Lipinski definition) is 1. The molecule has 3 aliphatic heterocycles. The third-order valence-electron chi connectivity index (χ3n) is 5.07. The fourth-order valence-electron chi connectivity index (χ4n) is 3.82. The van der Waals surface area contributed by atoms with Gasteiger partial charge in [-0.15, -0.1) is 0 Å². The molecule has 1 saturated heterocycles. The van der Waals surface area contributed by atoms with Gasteiger partial charge in [0.05, 0.1) is 29.4 Å². The van der Waals surface area contributed by atoms with Crippen LogP contribution in [0, 0.1) is 11.8 Å². The Morgan fingerprint density at radius 2 is 2.08 bits per heavy atom. The molecule has 0 saturated carbocycles. The summed E-state index contributed by atoms with van der Waals surface area (Å²) in [6.45, 7) is 0.483. The number of aliphatic hydroxyl groups is 1. The Labute approximate surface area is 137 Å². The van der Waals surface area contributed by atoms with Crippen molar-refractivity contribution >= 4 is 28.5 Å². The maximum atomic E-state index is 12.8. The predicted octanol–water partition coefficient (Wildman–Crippen LogP) is 1.08. The van der Waals surface area contributed by atoms with Gasteiger partial charge in [0, 0.05) is 16.9 Å². The number of hydrogen-bond acceptors (Lipinski definition) is 5. The Balaban J connectivity index is 1.67. The molecule has 120 valence electrons. The smallest absolute Gasteiger partial charge is 0.335 e. The van der Waals surface area contributed by atoms with Crippen LogP contribution >= 0.6 is 0 Å². The van der Waals surface area contributed by atoms with Crippen LogP contribution in [0.25, 0.3) is 16.6 Å². The summed E-state index contributed by atoms with van der Waals surface area (Å²) < 4.78 is 4.94. The Morgan fingerprint density at radius 3 is 2.96 bits per heavy atom. The molecular formula is C18H14N2O4. The highest BCUT2D eigenvalue weighted by atomic mass is 16.5. The first-order valence-electron chi connectivity index (χ1n) is 7.90. The van der Waals surface area contributed by atoms with E-state index in [2.05, 4.69) is 0 Å². The van der Waals surface area contributed by atoms with Gasteiger partial charge in [0.1, 0.15) is 6.61 Å². The number of nitrogens with zero attached hydrogens (tertiary/aromatic N) is 2. The second-order valence-corrected chi connectivity index (χ2v) is 6.42. The van der Waals surface area contributed by atoms with Crippen molar-refractivity contribution in [2.75, 3.05) is 6.61 Å². The van der Waals surface area contributed by atoms with Gasteiger partial charge in [-0.05, 0) is 12.1 Å². The molecule has 5 rings (SSSR count). The van der Waals surface area contributed by atoms with Crippen LogP contribution in [0.2, 0.25) is 0 Å². The summed E-state index contributed by atoms with van der Waals surface area (Å²) in [5.74, 6) is -1.86. The Hall–Kier alpha value is -2.73.